The molecule has 6 nitrogen and oxygen atoms in total. The number of aromatic nitrogens is 2. The lowest BCUT2D eigenvalue weighted by molar-refractivity contribution is 0.0538. The molecule has 33 heavy (non-hydrogen) atoms. The molecule has 0 bridgehead atoms. The lowest BCUT2D eigenvalue weighted by Gasteiger charge is -2.34. The second kappa shape index (κ2) is 8.61. The number of amides is 2. The van der Waals surface area contributed by atoms with Crippen molar-refractivity contribution in [2.24, 2.45) is 0 Å². The van der Waals surface area contributed by atoms with Crippen LogP contribution in [0.2, 0.25) is 5.02 Å². The number of hydrogen-bond acceptors (Lipinski definition) is 4. The number of rotatable bonds is 3. The molecule has 0 saturated carbocycles. The van der Waals surface area contributed by atoms with Crippen molar-refractivity contribution in [2.45, 2.75) is 6.92 Å². The Bertz CT molecular complexity index is 1360. The maximum absolute atomic E-state index is 13.2. The van der Waals surface area contributed by atoms with Gasteiger partial charge < -0.3 is 9.80 Å². The summed E-state index contributed by atoms with van der Waals surface area (Å²) in [5.74, 6) is -0.581. The van der Waals surface area contributed by atoms with Crippen LogP contribution in [0.1, 0.15) is 25.7 Å². The van der Waals surface area contributed by atoms with E-state index >= 15 is 0 Å². The van der Waals surface area contributed by atoms with Crippen molar-refractivity contribution >= 4 is 45.0 Å². The minimum Gasteiger partial charge on any atom is -0.335 e. The lowest BCUT2D eigenvalue weighted by Crippen LogP contribution is -2.50. The molecule has 0 spiro atoms. The first-order chi connectivity index (χ1) is 15.9. The van der Waals surface area contributed by atoms with E-state index in [2.05, 4.69) is 5.10 Å². The average Bonchev–Trinajstić information content (AvgIpc) is 3.39. The molecule has 0 atom stereocenters. The van der Waals surface area contributed by atoms with Gasteiger partial charge >= 0.3 is 0 Å². The lowest BCUT2D eigenvalue weighted by atomic mass is 10.1. The summed E-state index contributed by atoms with van der Waals surface area (Å²) in [6.45, 7) is 3.67. The molecule has 1 saturated heterocycles. The second-order valence-electron chi connectivity index (χ2n) is 7.90. The zero-order valence-corrected chi connectivity index (χ0v) is 19.4. The van der Waals surface area contributed by atoms with Gasteiger partial charge in [-0.1, -0.05) is 17.7 Å². The van der Waals surface area contributed by atoms with Crippen LogP contribution in [0.4, 0.5) is 4.39 Å². The van der Waals surface area contributed by atoms with E-state index in [-0.39, 0.29) is 17.6 Å². The highest BCUT2D eigenvalue weighted by Gasteiger charge is 2.27. The molecule has 3 heterocycles. The van der Waals surface area contributed by atoms with Gasteiger partial charge in [-0.05, 0) is 55.5 Å². The molecular weight excluding hydrogens is 463 g/mol. The van der Waals surface area contributed by atoms with Gasteiger partial charge in [0.1, 0.15) is 10.6 Å². The Morgan fingerprint density at radius 2 is 1.64 bits per heavy atom. The third kappa shape index (κ3) is 4.12. The number of thiophene rings is 1. The first-order valence-corrected chi connectivity index (χ1v) is 11.7. The van der Waals surface area contributed by atoms with Crippen LogP contribution in [0.15, 0.2) is 54.6 Å². The predicted molar refractivity (Wildman–Crippen MR) is 127 cm³/mol. The summed E-state index contributed by atoms with van der Waals surface area (Å²) in [6, 6.07) is 14.9. The summed E-state index contributed by atoms with van der Waals surface area (Å²) in [7, 11) is 0. The van der Waals surface area contributed by atoms with Gasteiger partial charge in [0.25, 0.3) is 11.8 Å². The fourth-order valence-electron chi connectivity index (χ4n) is 3.98. The van der Waals surface area contributed by atoms with E-state index in [0.29, 0.717) is 41.6 Å². The van der Waals surface area contributed by atoms with Crippen molar-refractivity contribution in [3.05, 3.63) is 81.6 Å². The highest BCUT2D eigenvalue weighted by Crippen LogP contribution is 2.32. The summed E-state index contributed by atoms with van der Waals surface area (Å²) in [6.07, 6.45) is 0. The number of aryl methyl sites for hydroxylation is 1. The summed E-state index contributed by atoms with van der Waals surface area (Å²) in [5.41, 5.74) is 2.13. The number of carbonyl (C=O) groups excluding carboxylic acids is 2. The number of nitrogens with zero attached hydrogens (tertiary/aromatic N) is 4. The molecule has 0 aliphatic carbocycles. The minimum absolute atomic E-state index is 0.0536. The average molecular weight is 483 g/mol. The third-order valence-corrected chi connectivity index (χ3v) is 7.09. The largest absolute Gasteiger partial charge is 0.335 e. The molecule has 2 aromatic heterocycles. The first kappa shape index (κ1) is 21.6. The van der Waals surface area contributed by atoms with Crippen LogP contribution >= 0.6 is 22.9 Å². The third-order valence-electron chi connectivity index (χ3n) is 5.75. The Morgan fingerprint density at radius 1 is 0.970 bits per heavy atom. The van der Waals surface area contributed by atoms with Gasteiger partial charge in [-0.15, -0.1) is 11.3 Å². The van der Waals surface area contributed by atoms with Crippen molar-refractivity contribution in [2.75, 3.05) is 26.2 Å². The first-order valence-electron chi connectivity index (χ1n) is 10.5. The topological polar surface area (TPSA) is 58.4 Å². The standard InChI is InChI=1S/C24H20ClFN4O2S/c1-15-20-14-21(33-24(20)30(27-15)19-4-2-3-17(25)13-19)23(32)29-11-9-28(10-12-29)22(31)16-5-7-18(26)8-6-16/h2-8,13-14H,9-12H2,1H3. The second-order valence-corrected chi connectivity index (χ2v) is 9.36. The fourth-order valence-corrected chi connectivity index (χ4v) is 5.31. The van der Waals surface area contributed by atoms with Gasteiger partial charge in [0.15, 0.2) is 0 Å². The Morgan fingerprint density at radius 3 is 2.30 bits per heavy atom. The monoisotopic (exact) mass is 482 g/mol. The van der Waals surface area contributed by atoms with E-state index in [9.17, 15) is 14.0 Å². The van der Waals surface area contributed by atoms with Crippen molar-refractivity contribution in [1.82, 2.24) is 19.6 Å². The molecule has 9 heteroatoms. The van der Waals surface area contributed by atoms with E-state index in [1.807, 2.05) is 41.9 Å². The molecule has 168 valence electrons. The van der Waals surface area contributed by atoms with Crippen molar-refractivity contribution in [3.63, 3.8) is 0 Å². The predicted octanol–water partition coefficient (Wildman–Crippen LogP) is 4.79. The Kier molecular flexibility index (Phi) is 5.64. The molecule has 1 fully saturated rings. The zero-order chi connectivity index (χ0) is 23.1. The number of fused-ring (bicyclic) bond motifs is 1. The quantitative estimate of drug-likeness (QED) is 0.422. The zero-order valence-electron chi connectivity index (χ0n) is 17.8. The van der Waals surface area contributed by atoms with E-state index in [0.717, 1.165) is 21.6 Å². The molecule has 0 N–H and O–H groups in total. The Balaban J connectivity index is 1.32. The van der Waals surface area contributed by atoms with Crippen molar-refractivity contribution in [3.8, 4) is 5.69 Å². The number of hydrogen-bond donors (Lipinski definition) is 0. The normalized spacial score (nSPS) is 14.2. The van der Waals surface area contributed by atoms with Gasteiger partial charge in [-0.3, -0.25) is 9.59 Å². The highest BCUT2D eigenvalue weighted by atomic mass is 35.5. The summed E-state index contributed by atoms with van der Waals surface area (Å²) < 4.78 is 14.9. The highest BCUT2D eigenvalue weighted by molar-refractivity contribution is 7.20. The number of benzene rings is 2. The van der Waals surface area contributed by atoms with Crippen molar-refractivity contribution < 1.29 is 14.0 Å². The fraction of sp³-hybridized carbons (Fsp3) is 0.208. The summed E-state index contributed by atoms with van der Waals surface area (Å²) in [4.78, 5) is 30.9. The van der Waals surface area contributed by atoms with Crippen molar-refractivity contribution in [1.29, 1.82) is 0 Å². The van der Waals surface area contributed by atoms with Crippen LogP contribution < -0.4 is 0 Å². The van der Waals surface area contributed by atoms with Crippen LogP contribution in [-0.4, -0.2) is 57.6 Å². The molecule has 2 aromatic carbocycles. The summed E-state index contributed by atoms with van der Waals surface area (Å²) >= 11 is 7.55. The molecule has 0 unspecified atom stereocenters. The number of piperazine rings is 1. The van der Waals surface area contributed by atoms with Gasteiger partial charge in [0, 0.05) is 42.2 Å². The Labute approximate surface area is 198 Å². The SMILES string of the molecule is Cc1nn(-c2cccc(Cl)c2)c2sc(C(=O)N3CCN(C(=O)c4ccc(F)cc4)CC3)cc12. The molecular formula is C24H20ClFN4O2S. The van der Waals surface area contributed by atoms with E-state index in [4.69, 9.17) is 11.6 Å². The molecule has 1 aliphatic heterocycles. The molecule has 5 rings (SSSR count). The molecule has 1 aliphatic rings. The van der Waals surface area contributed by atoms with Gasteiger partial charge in [0.05, 0.1) is 16.3 Å². The molecule has 2 amide bonds. The molecule has 4 aromatic rings. The van der Waals surface area contributed by atoms with Crippen LogP contribution in [0, 0.1) is 12.7 Å². The van der Waals surface area contributed by atoms with E-state index in [1.165, 1.54) is 35.6 Å². The van der Waals surface area contributed by atoms with Gasteiger partial charge in [-0.25, -0.2) is 9.07 Å². The number of carbonyl (C=O) groups is 2. The van der Waals surface area contributed by atoms with Crippen LogP contribution in [0.5, 0.6) is 0 Å². The van der Waals surface area contributed by atoms with E-state index < -0.39 is 0 Å². The van der Waals surface area contributed by atoms with Crippen LogP contribution in [0.3, 0.4) is 0 Å². The van der Waals surface area contributed by atoms with Crippen LogP contribution in [-0.2, 0) is 0 Å². The Hall–Kier alpha value is -3.23. The maximum atomic E-state index is 13.2. The smallest absolute Gasteiger partial charge is 0.264 e. The van der Waals surface area contributed by atoms with E-state index in [1.54, 1.807) is 9.80 Å². The minimum atomic E-state index is -0.376. The number of halogens is 2. The summed E-state index contributed by atoms with van der Waals surface area (Å²) in [5, 5.41) is 6.17. The van der Waals surface area contributed by atoms with Gasteiger partial charge in [0.2, 0.25) is 0 Å². The van der Waals surface area contributed by atoms with Crippen LogP contribution in [0.25, 0.3) is 15.9 Å². The maximum Gasteiger partial charge on any atom is 0.264 e. The van der Waals surface area contributed by atoms with Gasteiger partial charge in [-0.2, -0.15) is 5.10 Å². The molecule has 0 radical (unpaired) electrons.